The Morgan fingerprint density at radius 2 is 2.00 bits per heavy atom. The fourth-order valence-electron chi connectivity index (χ4n) is 2.29. The van der Waals surface area contributed by atoms with Crippen molar-refractivity contribution in [3.05, 3.63) is 17.7 Å². The van der Waals surface area contributed by atoms with E-state index in [1.807, 2.05) is 0 Å². The normalized spacial score (nSPS) is 12.6. The van der Waals surface area contributed by atoms with Crippen LogP contribution in [0.4, 0.5) is 0 Å². The first-order valence-corrected chi connectivity index (χ1v) is 7.59. The standard InChI is InChI=1S/C16H21NO6/c1-21-12-9-11(10-13-15(12)23-8-7-22-13)16(20)17-6-4-2-3-5-14(18)19/h9-10H,2-8H2,1H3,(H,17,20)(H,18,19). The lowest BCUT2D eigenvalue weighted by Crippen LogP contribution is -2.25. The molecular weight excluding hydrogens is 302 g/mol. The lowest BCUT2D eigenvalue weighted by Gasteiger charge is -2.21. The van der Waals surface area contributed by atoms with Gasteiger partial charge in [-0.05, 0) is 25.0 Å². The highest BCUT2D eigenvalue weighted by molar-refractivity contribution is 5.95. The molecule has 0 atom stereocenters. The minimum Gasteiger partial charge on any atom is -0.493 e. The van der Waals surface area contributed by atoms with Gasteiger partial charge in [0.1, 0.15) is 13.2 Å². The second-order valence-corrected chi connectivity index (χ2v) is 5.16. The number of hydrogen-bond donors (Lipinski definition) is 2. The minimum absolute atomic E-state index is 0.160. The van der Waals surface area contributed by atoms with Crippen LogP contribution < -0.4 is 19.5 Å². The summed E-state index contributed by atoms with van der Waals surface area (Å²) < 4.78 is 16.2. The molecular formula is C16H21NO6. The monoisotopic (exact) mass is 323 g/mol. The highest BCUT2D eigenvalue weighted by Crippen LogP contribution is 2.40. The van der Waals surface area contributed by atoms with E-state index in [-0.39, 0.29) is 12.3 Å². The SMILES string of the molecule is COc1cc(C(=O)NCCCCCC(=O)O)cc2c1OCCO2. The lowest BCUT2D eigenvalue weighted by molar-refractivity contribution is -0.137. The topological polar surface area (TPSA) is 94.1 Å². The van der Waals surface area contributed by atoms with Gasteiger partial charge in [-0.1, -0.05) is 6.42 Å². The molecule has 0 fully saturated rings. The van der Waals surface area contributed by atoms with Crippen molar-refractivity contribution in [3.8, 4) is 17.2 Å². The van der Waals surface area contributed by atoms with Crippen molar-refractivity contribution in [1.82, 2.24) is 5.32 Å². The quantitative estimate of drug-likeness (QED) is 0.709. The van der Waals surface area contributed by atoms with Gasteiger partial charge in [-0.2, -0.15) is 0 Å². The first-order chi connectivity index (χ1) is 11.1. The molecule has 1 aromatic carbocycles. The number of carbonyl (C=O) groups excluding carboxylic acids is 1. The second-order valence-electron chi connectivity index (χ2n) is 5.16. The molecule has 0 unspecified atom stereocenters. The van der Waals surface area contributed by atoms with Crippen LogP contribution in [0.1, 0.15) is 36.0 Å². The van der Waals surface area contributed by atoms with E-state index in [4.69, 9.17) is 19.3 Å². The Kier molecular flexibility index (Phi) is 6.08. The first-order valence-electron chi connectivity index (χ1n) is 7.59. The molecule has 0 bridgehead atoms. The number of methoxy groups -OCH3 is 1. The second kappa shape index (κ2) is 8.26. The van der Waals surface area contributed by atoms with Crippen molar-refractivity contribution in [2.24, 2.45) is 0 Å². The highest BCUT2D eigenvalue weighted by Gasteiger charge is 2.20. The van der Waals surface area contributed by atoms with E-state index in [1.165, 1.54) is 7.11 Å². The van der Waals surface area contributed by atoms with E-state index in [2.05, 4.69) is 5.32 Å². The Hall–Kier alpha value is -2.44. The third-order valence-electron chi connectivity index (χ3n) is 3.44. The smallest absolute Gasteiger partial charge is 0.303 e. The van der Waals surface area contributed by atoms with Crippen LogP contribution in [-0.2, 0) is 4.79 Å². The third kappa shape index (κ3) is 4.77. The molecule has 1 aliphatic heterocycles. The molecule has 1 heterocycles. The van der Waals surface area contributed by atoms with Crippen LogP contribution in [0.15, 0.2) is 12.1 Å². The molecule has 2 rings (SSSR count). The number of carboxylic acids is 1. The molecule has 0 aromatic heterocycles. The molecule has 2 N–H and O–H groups in total. The number of amides is 1. The van der Waals surface area contributed by atoms with Gasteiger partial charge in [-0.15, -0.1) is 0 Å². The van der Waals surface area contributed by atoms with Crippen LogP contribution in [0, 0.1) is 0 Å². The number of carbonyl (C=O) groups is 2. The minimum atomic E-state index is -0.794. The Morgan fingerprint density at radius 3 is 2.74 bits per heavy atom. The first kappa shape index (κ1) is 16.9. The zero-order chi connectivity index (χ0) is 16.7. The Balaban J connectivity index is 1.88. The molecule has 7 heteroatoms. The van der Waals surface area contributed by atoms with E-state index in [1.54, 1.807) is 12.1 Å². The Bertz CT molecular complexity index is 555. The average Bonchev–Trinajstić information content (AvgIpc) is 2.56. The zero-order valence-electron chi connectivity index (χ0n) is 13.1. The van der Waals surface area contributed by atoms with Gasteiger partial charge in [0, 0.05) is 18.5 Å². The molecule has 1 aromatic rings. The number of nitrogens with one attached hydrogen (secondary N) is 1. The molecule has 0 radical (unpaired) electrons. The highest BCUT2D eigenvalue weighted by atomic mass is 16.6. The number of ether oxygens (including phenoxy) is 3. The summed E-state index contributed by atoms with van der Waals surface area (Å²) in [5.74, 6) is 0.468. The zero-order valence-corrected chi connectivity index (χ0v) is 13.1. The van der Waals surface area contributed by atoms with Gasteiger partial charge in [0.05, 0.1) is 7.11 Å². The van der Waals surface area contributed by atoms with E-state index >= 15 is 0 Å². The van der Waals surface area contributed by atoms with Crippen LogP contribution in [0.3, 0.4) is 0 Å². The van der Waals surface area contributed by atoms with Crippen molar-refractivity contribution in [1.29, 1.82) is 0 Å². The molecule has 1 amide bonds. The largest absolute Gasteiger partial charge is 0.493 e. The summed E-state index contributed by atoms with van der Waals surface area (Å²) >= 11 is 0. The Morgan fingerprint density at radius 1 is 1.22 bits per heavy atom. The van der Waals surface area contributed by atoms with Gasteiger partial charge in [0.15, 0.2) is 11.5 Å². The van der Waals surface area contributed by atoms with Crippen molar-refractivity contribution >= 4 is 11.9 Å². The van der Waals surface area contributed by atoms with E-state index < -0.39 is 5.97 Å². The average molecular weight is 323 g/mol. The van der Waals surface area contributed by atoms with Gasteiger partial charge < -0.3 is 24.6 Å². The maximum absolute atomic E-state index is 12.2. The summed E-state index contributed by atoms with van der Waals surface area (Å²) in [5.41, 5.74) is 0.441. The van der Waals surface area contributed by atoms with E-state index in [9.17, 15) is 9.59 Å². The summed E-state index contributed by atoms with van der Waals surface area (Å²) in [6.07, 6.45) is 2.27. The van der Waals surface area contributed by atoms with Crippen molar-refractivity contribution in [2.75, 3.05) is 26.9 Å². The van der Waals surface area contributed by atoms with E-state index in [0.717, 1.165) is 12.8 Å². The maximum atomic E-state index is 12.2. The molecule has 0 saturated carbocycles. The molecule has 126 valence electrons. The fraction of sp³-hybridized carbons (Fsp3) is 0.500. The number of fused-ring (bicyclic) bond motifs is 1. The maximum Gasteiger partial charge on any atom is 0.303 e. The summed E-state index contributed by atoms with van der Waals surface area (Å²) in [6.45, 7) is 1.38. The molecule has 0 spiro atoms. The predicted molar refractivity (Wildman–Crippen MR) is 82.4 cm³/mol. The number of unbranched alkanes of at least 4 members (excludes halogenated alkanes) is 2. The van der Waals surface area contributed by atoms with Crippen LogP contribution >= 0.6 is 0 Å². The number of carboxylic acid groups (broad SMARTS) is 1. The number of benzene rings is 1. The molecule has 1 aliphatic rings. The van der Waals surface area contributed by atoms with Crippen LogP contribution in [0.2, 0.25) is 0 Å². The van der Waals surface area contributed by atoms with Crippen LogP contribution in [0.25, 0.3) is 0 Å². The molecule has 0 aliphatic carbocycles. The van der Waals surface area contributed by atoms with Crippen LogP contribution in [0.5, 0.6) is 17.2 Å². The summed E-state index contributed by atoms with van der Waals surface area (Å²) in [4.78, 5) is 22.6. The van der Waals surface area contributed by atoms with Gasteiger partial charge in [-0.25, -0.2) is 0 Å². The van der Waals surface area contributed by atoms with Crippen molar-refractivity contribution < 1.29 is 28.9 Å². The summed E-state index contributed by atoms with van der Waals surface area (Å²) in [7, 11) is 1.51. The predicted octanol–water partition coefficient (Wildman–Crippen LogP) is 1.84. The van der Waals surface area contributed by atoms with E-state index in [0.29, 0.717) is 49.0 Å². The van der Waals surface area contributed by atoms with Gasteiger partial charge in [-0.3, -0.25) is 9.59 Å². The van der Waals surface area contributed by atoms with Gasteiger partial charge >= 0.3 is 5.97 Å². The summed E-state index contributed by atoms with van der Waals surface area (Å²) in [6, 6.07) is 3.25. The lowest BCUT2D eigenvalue weighted by atomic mass is 10.1. The number of aliphatic carboxylic acids is 1. The van der Waals surface area contributed by atoms with Gasteiger partial charge in [0.2, 0.25) is 5.75 Å². The third-order valence-corrected chi connectivity index (χ3v) is 3.44. The number of rotatable bonds is 8. The van der Waals surface area contributed by atoms with Crippen molar-refractivity contribution in [3.63, 3.8) is 0 Å². The molecule has 7 nitrogen and oxygen atoms in total. The van der Waals surface area contributed by atoms with Crippen LogP contribution in [-0.4, -0.2) is 43.9 Å². The van der Waals surface area contributed by atoms with Crippen molar-refractivity contribution in [2.45, 2.75) is 25.7 Å². The Labute approximate surface area is 134 Å². The summed E-state index contributed by atoms with van der Waals surface area (Å²) in [5, 5.41) is 11.4. The molecule has 0 saturated heterocycles. The number of hydrogen-bond acceptors (Lipinski definition) is 5. The molecule has 23 heavy (non-hydrogen) atoms. The van der Waals surface area contributed by atoms with Gasteiger partial charge in [0.25, 0.3) is 5.91 Å². The fourth-order valence-corrected chi connectivity index (χ4v) is 2.29.